The minimum atomic E-state index is -0.898. The number of ketones is 2. The van der Waals surface area contributed by atoms with Crippen LogP contribution in [0.4, 0.5) is 0 Å². The third-order valence-corrected chi connectivity index (χ3v) is 3.40. The number of carbonyl (C=O) groups excluding carboxylic acids is 2. The molecule has 0 aliphatic heterocycles. The number of rotatable bonds is 8. The number of benzene rings is 2. The highest BCUT2D eigenvalue weighted by atomic mass is 16.5. The lowest BCUT2D eigenvalue weighted by Crippen LogP contribution is -2.25. The van der Waals surface area contributed by atoms with Crippen molar-refractivity contribution in [2.75, 3.05) is 13.2 Å². The Morgan fingerprint density at radius 2 is 1.21 bits per heavy atom. The smallest absolute Gasteiger partial charge is 0.163 e. The fraction of sp³-hybridized carbons (Fsp3) is 0.263. The first kappa shape index (κ1) is 17.7. The Bertz CT molecular complexity index is 662. The third kappa shape index (κ3) is 4.67. The molecule has 0 atom stereocenters. The van der Waals surface area contributed by atoms with E-state index < -0.39 is 6.10 Å². The quantitative estimate of drug-likeness (QED) is 0.754. The number of Topliss-reactive ketones (excluding diaryl/α,β-unsaturated/α-hetero) is 2. The number of ether oxygens (including phenoxy) is 2. The van der Waals surface area contributed by atoms with Gasteiger partial charge in [-0.05, 0) is 38.1 Å². The van der Waals surface area contributed by atoms with Crippen LogP contribution in [0.15, 0.2) is 48.5 Å². The summed E-state index contributed by atoms with van der Waals surface area (Å²) in [5.74, 6) is 0.639. The minimum absolute atomic E-state index is 0.0213. The van der Waals surface area contributed by atoms with Crippen molar-refractivity contribution in [1.82, 2.24) is 0 Å². The molecule has 0 bridgehead atoms. The molecule has 0 saturated carbocycles. The van der Waals surface area contributed by atoms with E-state index in [1.54, 1.807) is 48.5 Å². The van der Waals surface area contributed by atoms with Crippen molar-refractivity contribution < 1.29 is 24.2 Å². The molecule has 2 aromatic rings. The summed E-state index contributed by atoms with van der Waals surface area (Å²) in [6, 6.07) is 13.7. The van der Waals surface area contributed by atoms with Gasteiger partial charge in [-0.25, -0.2) is 0 Å². The van der Waals surface area contributed by atoms with Crippen molar-refractivity contribution in [2.45, 2.75) is 20.0 Å². The van der Waals surface area contributed by atoms with Gasteiger partial charge in [0.15, 0.2) is 11.6 Å². The second kappa shape index (κ2) is 8.26. The second-order valence-corrected chi connectivity index (χ2v) is 5.38. The SMILES string of the molecule is CC(=O)c1ccccc1OCC(O)COc1ccccc1C(C)=O. The first-order chi connectivity index (χ1) is 11.5. The van der Waals surface area contributed by atoms with Gasteiger partial charge in [-0.3, -0.25) is 9.59 Å². The van der Waals surface area contributed by atoms with Crippen LogP contribution in [0.2, 0.25) is 0 Å². The average molecular weight is 328 g/mol. The topological polar surface area (TPSA) is 72.8 Å². The summed E-state index contributed by atoms with van der Waals surface area (Å²) in [4.78, 5) is 23.0. The van der Waals surface area contributed by atoms with Crippen LogP contribution in [0, 0.1) is 0 Å². The van der Waals surface area contributed by atoms with Gasteiger partial charge in [0.2, 0.25) is 0 Å². The summed E-state index contributed by atoms with van der Waals surface area (Å²) >= 11 is 0. The number of aliphatic hydroxyl groups is 1. The van der Waals surface area contributed by atoms with E-state index in [1.165, 1.54) is 13.8 Å². The van der Waals surface area contributed by atoms with Gasteiger partial charge in [0.25, 0.3) is 0 Å². The second-order valence-electron chi connectivity index (χ2n) is 5.38. The molecule has 0 saturated heterocycles. The average Bonchev–Trinajstić information content (AvgIpc) is 2.58. The van der Waals surface area contributed by atoms with Crippen LogP contribution in [-0.2, 0) is 0 Å². The molecule has 2 rings (SSSR count). The van der Waals surface area contributed by atoms with Crippen molar-refractivity contribution in [2.24, 2.45) is 0 Å². The predicted molar refractivity (Wildman–Crippen MR) is 89.9 cm³/mol. The Kier molecular flexibility index (Phi) is 6.09. The number of hydrogen-bond donors (Lipinski definition) is 1. The van der Waals surface area contributed by atoms with Crippen molar-refractivity contribution in [3.8, 4) is 11.5 Å². The first-order valence-corrected chi connectivity index (χ1v) is 7.62. The monoisotopic (exact) mass is 328 g/mol. The van der Waals surface area contributed by atoms with Gasteiger partial charge >= 0.3 is 0 Å². The zero-order valence-electron chi connectivity index (χ0n) is 13.7. The maximum atomic E-state index is 11.5. The molecule has 0 spiro atoms. The largest absolute Gasteiger partial charge is 0.490 e. The van der Waals surface area contributed by atoms with Gasteiger partial charge in [-0.15, -0.1) is 0 Å². The molecular weight excluding hydrogens is 308 g/mol. The molecule has 0 amide bonds. The van der Waals surface area contributed by atoms with E-state index in [-0.39, 0.29) is 24.8 Å². The molecule has 5 nitrogen and oxygen atoms in total. The van der Waals surface area contributed by atoms with Gasteiger partial charge in [0, 0.05) is 0 Å². The fourth-order valence-corrected chi connectivity index (χ4v) is 2.19. The van der Waals surface area contributed by atoms with Crippen LogP contribution >= 0.6 is 0 Å². The summed E-state index contributed by atoms with van der Waals surface area (Å²) in [6.45, 7) is 2.87. The predicted octanol–water partition coefficient (Wildman–Crippen LogP) is 2.91. The normalized spacial score (nSPS) is 10.5. The Balaban J connectivity index is 1.92. The Morgan fingerprint density at radius 1 is 0.833 bits per heavy atom. The van der Waals surface area contributed by atoms with Crippen molar-refractivity contribution >= 4 is 11.6 Å². The minimum Gasteiger partial charge on any atom is -0.490 e. The van der Waals surface area contributed by atoms with Crippen LogP contribution in [-0.4, -0.2) is 36.0 Å². The van der Waals surface area contributed by atoms with E-state index in [1.807, 2.05) is 0 Å². The number of carbonyl (C=O) groups is 2. The molecule has 5 heteroatoms. The van der Waals surface area contributed by atoms with Crippen LogP contribution in [0.1, 0.15) is 34.6 Å². The van der Waals surface area contributed by atoms with Crippen LogP contribution < -0.4 is 9.47 Å². The zero-order valence-corrected chi connectivity index (χ0v) is 13.7. The molecule has 1 N–H and O–H groups in total. The van der Waals surface area contributed by atoms with E-state index in [2.05, 4.69) is 0 Å². The van der Waals surface area contributed by atoms with E-state index in [0.29, 0.717) is 22.6 Å². The van der Waals surface area contributed by atoms with E-state index in [0.717, 1.165) is 0 Å². The van der Waals surface area contributed by atoms with Gasteiger partial charge in [-0.2, -0.15) is 0 Å². The summed E-state index contributed by atoms with van der Waals surface area (Å²) in [5, 5.41) is 10.0. The van der Waals surface area contributed by atoms with Gasteiger partial charge in [0.05, 0.1) is 11.1 Å². The van der Waals surface area contributed by atoms with E-state index in [9.17, 15) is 14.7 Å². The Morgan fingerprint density at radius 3 is 1.58 bits per heavy atom. The highest BCUT2D eigenvalue weighted by Crippen LogP contribution is 2.20. The molecule has 0 unspecified atom stereocenters. The molecular formula is C19H20O5. The maximum Gasteiger partial charge on any atom is 0.163 e. The highest BCUT2D eigenvalue weighted by molar-refractivity contribution is 5.97. The number of aliphatic hydroxyl groups excluding tert-OH is 1. The molecule has 0 aliphatic carbocycles. The molecule has 0 radical (unpaired) electrons. The van der Waals surface area contributed by atoms with Crippen LogP contribution in [0.5, 0.6) is 11.5 Å². The van der Waals surface area contributed by atoms with Crippen molar-refractivity contribution in [3.05, 3.63) is 59.7 Å². The van der Waals surface area contributed by atoms with Gasteiger partial charge < -0.3 is 14.6 Å². The zero-order chi connectivity index (χ0) is 17.5. The fourth-order valence-electron chi connectivity index (χ4n) is 2.19. The molecule has 0 aromatic heterocycles. The number of para-hydroxylation sites is 2. The lowest BCUT2D eigenvalue weighted by molar-refractivity contribution is 0.0615. The van der Waals surface area contributed by atoms with Gasteiger partial charge in [-0.1, -0.05) is 24.3 Å². The summed E-state index contributed by atoms with van der Waals surface area (Å²) < 4.78 is 11.0. The molecule has 0 aliphatic rings. The first-order valence-electron chi connectivity index (χ1n) is 7.62. The maximum absolute atomic E-state index is 11.5. The third-order valence-electron chi connectivity index (χ3n) is 3.40. The molecule has 0 heterocycles. The highest BCUT2D eigenvalue weighted by Gasteiger charge is 2.13. The van der Waals surface area contributed by atoms with Crippen LogP contribution in [0.25, 0.3) is 0 Å². The van der Waals surface area contributed by atoms with Crippen LogP contribution in [0.3, 0.4) is 0 Å². The number of hydrogen-bond acceptors (Lipinski definition) is 5. The van der Waals surface area contributed by atoms with Gasteiger partial charge in [0.1, 0.15) is 30.8 Å². The lowest BCUT2D eigenvalue weighted by atomic mass is 10.1. The van der Waals surface area contributed by atoms with E-state index >= 15 is 0 Å². The molecule has 126 valence electrons. The molecule has 24 heavy (non-hydrogen) atoms. The summed E-state index contributed by atoms with van der Waals surface area (Å²) in [5.41, 5.74) is 0.931. The lowest BCUT2D eigenvalue weighted by Gasteiger charge is -2.16. The Hall–Kier alpha value is -2.66. The standard InChI is InChI=1S/C19H20O5/c1-13(20)16-7-3-5-9-18(16)23-11-15(22)12-24-19-10-6-4-8-17(19)14(2)21/h3-10,15,22H,11-12H2,1-2H3. The molecule has 0 fully saturated rings. The summed E-state index contributed by atoms with van der Waals surface area (Å²) in [7, 11) is 0. The summed E-state index contributed by atoms with van der Waals surface area (Å²) in [6.07, 6.45) is -0.898. The van der Waals surface area contributed by atoms with Crippen molar-refractivity contribution in [1.29, 1.82) is 0 Å². The Labute approximate surface area is 140 Å². The molecule has 2 aromatic carbocycles. The van der Waals surface area contributed by atoms with Crippen molar-refractivity contribution in [3.63, 3.8) is 0 Å². The van der Waals surface area contributed by atoms with E-state index in [4.69, 9.17) is 9.47 Å².